The summed E-state index contributed by atoms with van der Waals surface area (Å²) < 4.78 is 3.38. The maximum atomic E-state index is 12.1. The number of anilines is 1. The molecule has 0 spiro atoms. The number of halogens is 3. The number of rotatable bonds is 6. The van der Waals surface area contributed by atoms with E-state index in [4.69, 9.17) is 34.8 Å². The second-order valence-corrected chi connectivity index (χ2v) is 6.96. The monoisotopic (exact) mass is 423 g/mol. The van der Waals surface area contributed by atoms with Crippen molar-refractivity contribution in [2.24, 2.45) is 0 Å². The van der Waals surface area contributed by atoms with Crippen LogP contribution in [0.1, 0.15) is 18.1 Å². The molecule has 2 heterocycles. The Balaban J connectivity index is 1.66. The third-order valence-electron chi connectivity index (χ3n) is 3.71. The molecule has 0 fully saturated rings. The molecule has 0 aliphatic heterocycles. The van der Waals surface area contributed by atoms with E-state index in [1.807, 2.05) is 19.2 Å². The number of hydrogen-bond acceptors (Lipinski definition) is 3. The van der Waals surface area contributed by atoms with Gasteiger partial charge in [-0.15, -0.1) is 0 Å². The van der Waals surface area contributed by atoms with Crippen molar-refractivity contribution in [1.82, 2.24) is 19.6 Å². The highest BCUT2D eigenvalue weighted by Crippen LogP contribution is 2.24. The molecule has 0 atom stereocenters. The highest BCUT2D eigenvalue weighted by atomic mass is 35.5. The minimum absolute atomic E-state index is 0.278. The molecule has 0 radical (unpaired) electrons. The summed E-state index contributed by atoms with van der Waals surface area (Å²) in [6, 6.07) is 5.23. The van der Waals surface area contributed by atoms with Gasteiger partial charge in [-0.25, -0.2) is 0 Å². The van der Waals surface area contributed by atoms with Gasteiger partial charge in [0.25, 0.3) is 0 Å². The Labute approximate surface area is 171 Å². The number of nitrogens with zero attached hydrogens (tertiary/aromatic N) is 4. The second-order valence-electron chi connectivity index (χ2n) is 5.71. The van der Waals surface area contributed by atoms with Crippen LogP contribution in [0.15, 0.2) is 42.9 Å². The van der Waals surface area contributed by atoms with Crippen LogP contribution in [0.3, 0.4) is 0 Å². The summed E-state index contributed by atoms with van der Waals surface area (Å²) >= 11 is 18.3. The fourth-order valence-electron chi connectivity index (χ4n) is 2.36. The Morgan fingerprint density at radius 2 is 2.00 bits per heavy atom. The molecular formula is C18H16Cl3N5O. The zero-order chi connectivity index (χ0) is 19.4. The fourth-order valence-corrected chi connectivity index (χ4v) is 3.02. The molecule has 27 heavy (non-hydrogen) atoms. The average molecular weight is 425 g/mol. The molecule has 1 N–H and O–H groups in total. The molecule has 6 nitrogen and oxygen atoms in total. The highest BCUT2D eigenvalue weighted by molar-refractivity contribution is 6.35. The predicted molar refractivity (Wildman–Crippen MR) is 108 cm³/mol. The smallest absolute Gasteiger partial charge is 0.249 e. The van der Waals surface area contributed by atoms with Gasteiger partial charge in [-0.05, 0) is 30.7 Å². The first-order valence-corrected chi connectivity index (χ1v) is 9.26. The standard InChI is InChI=1S/C18H16Cl3N5O/c1-2-25-9-12(8-22-25)3-6-17(27)23-18-16(21)11-26(24-18)10-13-4-5-14(19)7-15(13)20/h3-9,11H,2,10H2,1H3,(H,23,24,27)/b6-3+. The lowest BCUT2D eigenvalue weighted by Gasteiger charge is -2.05. The van der Waals surface area contributed by atoms with Crippen LogP contribution in [0.2, 0.25) is 15.1 Å². The molecular weight excluding hydrogens is 409 g/mol. The molecule has 0 unspecified atom stereocenters. The summed E-state index contributed by atoms with van der Waals surface area (Å²) in [4.78, 5) is 12.1. The minimum Gasteiger partial charge on any atom is -0.304 e. The molecule has 140 valence electrons. The summed E-state index contributed by atoms with van der Waals surface area (Å²) in [6.45, 7) is 3.16. The van der Waals surface area contributed by atoms with E-state index in [0.29, 0.717) is 21.6 Å². The number of amides is 1. The lowest BCUT2D eigenvalue weighted by molar-refractivity contribution is -0.111. The van der Waals surface area contributed by atoms with Crippen molar-refractivity contribution in [3.05, 3.63) is 69.1 Å². The molecule has 3 rings (SSSR count). The number of benzene rings is 1. The van der Waals surface area contributed by atoms with E-state index < -0.39 is 0 Å². The molecule has 1 aromatic carbocycles. The van der Waals surface area contributed by atoms with Crippen LogP contribution in [-0.2, 0) is 17.9 Å². The summed E-state index contributed by atoms with van der Waals surface area (Å²) in [5.41, 5.74) is 1.67. The Bertz CT molecular complexity index is 993. The van der Waals surface area contributed by atoms with Gasteiger partial charge in [0.15, 0.2) is 5.82 Å². The van der Waals surface area contributed by atoms with Crippen molar-refractivity contribution in [2.45, 2.75) is 20.0 Å². The Morgan fingerprint density at radius 3 is 2.70 bits per heavy atom. The number of nitrogens with one attached hydrogen (secondary N) is 1. The molecule has 2 aromatic heterocycles. The van der Waals surface area contributed by atoms with Gasteiger partial charge in [0.2, 0.25) is 5.91 Å². The highest BCUT2D eigenvalue weighted by Gasteiger charge is 2.11. The van der Waals surface area contributed by atoms with Gasteiger partial charge in [0.1, 0.15) is 5.02 Å². The average Bonchev–Trinajstić information content (AvgIpc) is 3.22. The Morgan fingerprint density at radius 1 is 1.19 bits per heavy atom. The topological polar surface area (TPSA) is 64.7 Å². The van der Waals surface area contributed by atoms with Gasteiger partial charge in [-0.3, -0.25) is 14.2 Å². The van der Waals surface area contributed by atoms with E-state index >= 15 is 0 Å². The van der Waals surface area contributed by atoms with Crippen molar-refractivity contribution >= 4 is 52.6 Å². The van der Waals surface area contributed by atoms with Crippen LogP contribution in [0.25, 0.3) is 6.08 Å². The van der Waals surface area contributed by atoms with Crippen LogP contribution >= 0.6 is 34.8 Å². The zero-order valence-corrected chi connectivity index (χ0v) is 16.6. The molecule has 3 aromatic rings. The first-order valence-electron chi connectivity index (χ1n) is 8.13. The van der Waals surface area contributed by atoms with Crippen molar-refractivity contribution in [3.63, 3.8) is 0 Å². The van der Waals surface area contributed by atoms with Crippen LogP contribution in [0, 0.1) is 0 Å². The quantitative estimate of drug-likeness (QED) is 0.580. The van der Waals surface area contributed by atoms with Crippen molar-refractivity contribution < 1.29 is 4.79 Å². The maximum Gasteiger partial charge on any atom is 0.249 e. The van der Waals surface area contributed by atoms with Gasteiger partial charge >= 0.3 is 0 Å². The third-order valence-corrected chi connectivity index (χ3v) is 4.57. The van der Waals surface area contributed by atoms with Gasteiger partial charge in [0.05, 0.1) is 12.7 Å². The maximum absolute atomic E-state index is 12.1. The number of aryl methyl sites for hydroxylation is 1. The SMILES string of the molecule is CCn1cc(/C=C/C(=O)Nc2nn(Cc3ccc(Cl)cc3Cl)cc2Cl)cn1. The largest absolute Gasteiger partial charge is 0.304 e. The van der Waals surface area contributed by atoms with Gasteiger partial charge < -0.3 is 5.32 Å². The van der Waals surface area contributed by atoms with Gasteiger partial charge in [-0.1, -0.05) is 40.9 Å². The predicted octanol–water partition coefficient (Wildman–Crippen LogP) is 4.76. The van der Waals surface area contributed by atoms with Crippen LogP contribution < -0.4 is 5.32 Å². The molecule has 0 bridgehead atoms. The Kier molecular flexibility index (Phi) is 6.21. The lowest BCUT2D eigenvalue weighted by Crippen LogP contribution is -2.09. The number of aromatic nitrogens is 4. The van der Waals surface area contributed by atoms with E-state index in [0.717, 1.165) is 17.7 Å². The summed E-state index contributed by atoms with van der Waals surface area (Å²) in [5.74, 6) is -0.0587. The second kappa shape index (κ2) is 8.61. The van der Waals surface area contributed by atoms with Crippen LogP contribution in [0.4, 0.5) is 5.82 Å². The van der Waals surface area contributed by atoms with E-state index in [1.165, 1.54) is 6.08 Å². The van der Waals surface area contributed by atoms with Crippen molar-refractivity contribution in [1.29, 1.82) is 0 Å². The van der Waals surface area contributed by atoms with E-state index in [9.17, 15) is 4.79 Å². The number of hydrogen-bond donors (Lipinski definition) is 1. The van der Waals surface area contributed by atoms with Crippen molar-refractivity contribution in [3.8, 4) is 0 Å². The summed E-state index contributed by atoms with van der Waals surface area (Å²) in [6.07, 6.45) is 8.23. The van der Waals surface area contributed by atoms with E-state index in [2.05, 4.69) is 15.5 Å². The third kappa shape index (κ3) is 5.13. The summed E-state index contributed by atoms with van der Waals surface area (Å²) in [5, 5.41) is 12.5. The lowest BCUT2D eigenvalue weighted by atomic mass is 10.2. The molecule has 0 saturated carbocycles. The fraction of sp³-hybridized carbons (Fsp3) is 0.167. The number of carbonyl (C=O) groups is 1. The minimum atomic E-state index is -0.337. The molecule has 0 saturated heterocycles. The van der Waals surface area contributed by atoms with Gasteiger partial charge in [-0.2, -0.15) is 10.2 Å². The molecule has 0 aliphatic carbocycles. The van der Waals surface area contributed by atoms with Gasteiger partial charge in [0, 0.05) is 40.6 Å². The van der Waals surface area contributed by atoms with Crippen LogP contribution in [0.5, 0.6) is 0 Å². The Hall–Kier alpha value is -2.28. The first kappa shape index (κ1) is 19.5. The van der Waals surface area contributed by atoms with E-state index in [-0.39, 0.29) is 11.7 Å². The van der Waals surface area contributed by atoms with Crippen LogP contribution in [-0.4, -0.2) is 25.5 Å². The number of carbonyl (C=O) groups excluding carboxylic acids is 1. The molecule has 1 amide bonds. The van der Waals surface area contributed by atoms with Crippen molar-refractivity contribution in [2.75, 3.05) is 5.32 Å². The molecule has 9 heteroatoms. The zero-order valence-electron chi connectivity index (χ0n) is 14.4. The molecule has 0 aliphatic rings. The van der Waals surface area contributed by atoms with E-state index in [1.54, 1.807) is 40.0 Å². The summed E-state index contributed by atoms with van der Waals surface area (Å²) in [7, 11) is 0. The normalized spacial score (nSPS) is 11.3. The first-order chi connectivity index (χ1) is 12.9.